The van der Waals surface area contributed by atoms with E-state index in [1.165, 1.54) is 18.4 Å². The molecule has 0 aliphatic heterocycles. The van der Waals surface area contributed by atoms with Gasteiger partial charge in [-0.2, -0.15) is 0 Å². The fourth-order valence-corrected chi connectivity index (χ4v) is 2.90. The Morgan fingerprint density at radius 1 is 1.47 bits per heavy atom. The second kappa shape index (κ2) is 6.23. The van der Waals surface area contributed by atoms with Crippen LogP contribution in [0.4, 0.5) is 0 Å². The number of nitrogens with zero attached hydrogens (tertiary/aromatic N) is 1. The van der Waals surface area contributed by atoms with Crippen molar-refractivity contribution in [1.29, 1.82) is 0 Å². The average molecular weight is 317 g/mol. The molecule has 0 saturated carbocycles. The molecule has 2 aromatic heterocycles. The zero-order chi connectivity index (χ0) is 13.8. The molecule has 0 aliphatic carbocycles. The summed E-state index contributed by atoms with van der Waals surface area (Å²) in [7, 11) is 1.54. The van der Waals surface area contributed by atoms with Gasteiger partial charge in [-0.25, -0.2) is 4.98 Å². The summed E-state index contributed by atoms with van der Waals surface area (Å²) in [6, 6.07) is 5.10. The molecule has 0 bridgehead atoms. The van der Waals surface area contributed by atoms with E-state index in [-0.39, 0.29) is 5.91 Å². The molecule has 2 rings (SSSR count). The quantitative estimate of drug-likeness (QED) is 0.940. The van der Waals surface area contributed by atoms with Gasteiger partial charge in [0.25, 0.3) is 5.91 Å². The van der Waals surface area contributed by atoms with Gasteiger partial charge in [0.1, 0.15) is 4.34 Å². The maximum absolute atomic E-state index is 11.9. The summed E-state index contributed by atoms with van der Waals surface area (Å²) in [5.41, 5.74) is 1.27. The fourth-order valence-electron chi connectivity index (χ4n) is 1.44. The Labute approximate surface area is 124 Å². The summed E-state index contributed by atoms with van der Waals surface area (Å²) < 4.78 is 5.88. The Balaban J connectivity index is 2.02. The van der Waals surface area contributed by atoms with Crippen LogP contribution in [0.25, 0.3) is 0 Å². The third-order valence-electron chi connectivity index (χ3n) is 2.36. The molecule has 0 fully saturated rings. The monoisotopic (exact) mass is 316 g/mol. The molecule has 1 amide bonds. The number of hydrogen-bond donors (Lipinski definition) is 1. The van der Waals surface area contributed by atoms with Crippen LogP contribution in [0.2, 0.25) is 8.67 Å². The molecule has 0 spiro atoms. The molecule has 4 nitrogen and oxygen atoms in total. The Hall–Kier alpha value is -1.30. The smallest absolute Gasteiger partial charge is 0.253 e. The molecule has 1 N–H and O–H groups in total. The molecule has 0 radical (unpaired) electrons. The zero-order valence-electron chi connectivity index (χ0n) is 9.94. The third-order valence-corrected chi connectivity index (χ3v) is 3.85. The number of nitrogens with one attached hydrogen (secondary N) is 1. The minimum atomic E-state index is -0.260. The molecule has 2 heterocycles. The van der Waals surface area contributed by atoms with Gasteiger partial charge in [0, 0.05) is 18.8 Å². The SMILES string of the molecule is COc1cc(CNC(=O)c2cc(Cl)sc2Cl)ccn1. The first-order chi connectivity index (χ1) is 9.10. The number of halogens is 2. The van der Waals surface area contributed by atoms with Crippen LogP contribution in [0.3, 0.4) is 0 Å². The van der Waals surface area contributed by atoms with Crippen LogP contribution < -0.4 is 10.1 Å². The Bertz CT molecular complexity index is 601. The number of carbonyl (C=O) groups is 1. The van der Waals surface area contributed by atoms with E-state index < -0.39 is 0 Å². The molecule has 0 aliphatic rings. The highest BCUT2D eigenvalue weighted by Crippen LogP contribution is 2.30. The van der Waals surface area contributed by atoms with Crippen LogP contribution in [0, 0.1) is 0 Å². The van der Waals surface area contributed by atoms with Crippen LogP contribution in [-0.4, -0.2) is 18.0 Å². The van der Waals surface area contributed by atoms with Gasteiger partial charge in [0.15, 0.2) is 0 Å². The fraction of sp³-hybridized carbons (Fsp3) is 0.167. The first-order valence-corrected chi connectivity index (χ1v) is 6.89. The van der Waals surface area contributed by atoms with Gasteiger partial charge in [0.05, 0.1) is 17.0 Å². The lowest BCUT2D eigenvalue weighted by Gasteiger charge is -2.05. The van der Waals surface area contributed by atoms with Crippen molar-refractivity contribution in [3.63, 3.8) is 0 Å². The summed E-state index contributed by atoms with van der Waals surface area (Å²) in [6.07, 6.45) is 1.62. The van der Waals surface area contributed by atoms with Crippen molar-refractivity contribution in [3.8, 4) is 5.88 Å². The zero-order valence-corrected chi connectivity index (χ0v) is 12.3. The van der Waals surface area contributed by atoms with E-state index in [9.17, 15) is 4.79 Å². The topological polar surface area (TPSA) is 51.2 Å². The van der Waals surface area contributed by atoms with Crippen molar-refractivity contribution in [2.45, 2.75) is 6.54 Å². The van der Waals surface area contributed by atoms with E-state index in [2.05, 4.69) is 10.3 Å². The number of carbonyl (C=O) groups excluding carboxylic acids is 1. The van der Waals surface area contributed by atoms with Crippen molar-refractivity contribution >= 4 is 40.4 Å². The number of thiophene rings is 1. The van der Waals surface area contributed by atoms with Crippen molar-refractivity contribution in [2.75, 3.05) is 7.11 Å². The lowest BCUT2D eigenvalue weighted by Crippen LogP contribution is -2.22. The van der Waals surface area contributed by atoms with E-state index in [1.807, 2.05) is 0 Å². The number of aromatic nitrogens is 1. The van der Waals surface area contributed by atoms with Gasteiger partial charge in [-0.1, -0.05) is 23.2 Å². The Morgan fingerprint density at radius 2 is 2.26 bits per heavy atom. The van der Waals surface area contributed by atoms with Gasteiger partial charge in [-0.15, -0.1) is 11.3 Å². The van der Waals surface area contributed by atoms with E-state index in [4.69, 9.17) is 27.9 Å². The van der Waals surface area contributed by atoms with E-state index >= 15 is 0 Å². The number of rotatable bonds is 4. The lowest BCUT2D eigenvalue weighted by atomic mass is 10.2. The molecule has 19 heavy (non-hydrogen) atoms. The molecule has 100 valence electrons. The molecule has 0 atom stereocenters. The highest BCUT2D eigenvalue weighted by atomic mass is 35.5. The largest absolute Gasteiger partial charge is 0.481 e. The van der Waals surface area contributed by atoms with Crippen LogP contribution in [0.1, 0.15) is 15.9 Å². The van der Waals surface area contributed by atoms with Crippen molar-refractivity contribution in [2.24, 2.45) is 0 Å². The predicted octanol–water partition coefficient (Wildman–Crippen LogP) is 3.39. The molecule has 2 aromatic rings. The second-order valence-corrected chi connectivity index (χ2v) is 5.91. The number of hydrogen-bond acceptors (Lipinski definition) is 4. The maximum atomic E-state index is 11.9. The molecule has 0 unspecified atom stereocenters. The molecular formula is C12H10Cl2N2O2S. The van der Waals surface area contributed by atoms with Crippen molar-refractivity contribution in [3.05, 3.63) is 44.2 Å². The number of amides is 1. The van der Waals surface area contributed by atoms with Crippen LogP contribution in [-0.2, 0) is 6.54 Å². The van der Waals surface area contributed by atoms with Gasteiger partial charge >= 0.3 is 0 Å². The van der Waals surface area contributed by atoms with Crippen LogP contribution >= 0.6 is 34.5 Å². The predicted molar refractivity (Wildman–Crippen MR) is 76.3 cm³/mol. The molecule has 0 saturated heterocycles. The normalized spacial score (nSPS) is 10.3. The number of pyridine rings is 1. The van der Waals surface area contributed by atoms with E-state index in [1.54, 1.807) is 24.4 Å². The summed E-state index contributed by atoms with van der Waals surface area (Å²) in [5.74, 6) is 0.243. The summed E-state index contributed by atoms with van der Waals surface area (Å²) in [4.78, 5) is 15.9. The minimum Gasteiger partial charge on any atom is -0.481 e. The van der Waals surface area contributed by atoms with Crippen LogP contribution in [0.15, 0.2) is 24.4 Å². The molecular weight excluding hydrogens is 307 g/mol. The number of ether oxygens (including phenoxy) is 1. The van der Waals surface area contributed by atoms with E-state index in [0.29, 0.717) is 26.7 Å². The Morgan fingerprint density at radius 3 is 2.89 bits per heavy atom. The number of methoxy groups -OCH3 is 1. The first-order valence-electron chi connectivity index (χ1n) is 5.32. The standard InChI is InChI=1S/C12H10Cl2N2O2S/c1-18-10-4-7(2-3-15-10)6-16-12(17)8-5-9(13)19-11(8)14/h2-5H,6H2,1H3,(H,16,17). The summed E-state index contributed by atoms with van der Waals surface area (Å²) in [5, 5.41) is 2.76. The Kier molecular flexibility index (Phi) is 4.63. The first kappa shape index (κ1) is 14.1. The minimum absolute atomic E-state index is 0.260. The highest BCUT2D eigenvalue weighted by molar-refractivity contribution is 7.20. The lowest BCUT2D eigenvalue weighted by molar-refractivity contribution is 0.0951. The van der Waals surface area contributed by atoms with E-state index in [0.717, 1.165) is 5.56 Å². The van der Waals surface area contributed by atoms with Crippen molar-refractivity contribution in [1.82, 2.24) is 10.3 Å². The highest BCUT2D eigenvalue weighted by Gasteiger charge is 2.13. The second-order valence-electron chi connectivity index (χ2n) is 3.63. The average Bonchev–Trinajstić information content (AvgIpc) is 2.75. The van der Waals surface area contributed by atoms with Crippen LogP contribution in [0.5, 0.6) is 5.88 Å². The van der Waals surface area contributed by atoms with Gasteiger partial charge in [0.2, 0.25) is 5.88 Å². The maximum Gasteiger partial charge on any atom is 0.253 e. The van der Waals surface area contributed by atoms with Crippen molar-refractivity contribution < 1.29 is 9.53 Å². The summed E-state index contributed by atoms with van der Waals surface area (Å²) in [6.45, 7) is 0.363. The third kappa shape index (κ3) is 3.59. The summed E-state index contributed by atoms with van der Waals surface area (Å²) >= 11 is 12.9. The van der Waals surface area contributed by atoms with Gasteiger partial charge in [-0.05, 0) is 17.7 Å². The van der Waals surface area contributed by atoms with Gasteiger partial charge in [-0.3, -0.25) is 4.79 Å². The van der Waals surface area contributed by atoms with Gasteiger partial charge < -0.3 is 10.1 Å². The molecule has 0 aromatic carbocycles. The molecule has 7 heteroatoms.